The van der Waals surface area contributed by atoms with Gasteiger partial charge in [0.2, 0.25) is 0 Å². The molecular weight excluding hydrogens is 334 g/mol. The van der Waals surface area contributed by atoms with Crippen LogP contribution in [0.2, 0.25) is 0 Å². The highest BCUT2D eigenvalue weighted by Crippen LogP contribution is 2.70. The highest BCUT2D eigenvalue weighted by atomic mass is 16.7. The number of epoxide rings is 1. The number of carbonyl (C=O) groups excluding carboxylic acids is 1. The van der Waals surface area contributed by atoms with E-state index in [9.17, 15) is 14.9 Å². The van der Waals surface area contributed by atoms with Gasteiger partial charge in [-0.1, -0.05) is 24.3 Å². The van der Waals surface area contributed by atoms with E-state index in [4.69, 9.17) is 9.47 Å². The van der Waals surface area contributed by atoms with Crippen LogP contribution in [-0.4, -0.2) is 22.6 Å². The number of nitro benzene ring substituents is 1. The topological polar surface area (TPSA) is 82.0 Å². The van der Waals surface area contributed by atoms with E-state index in [1.54, 1.807) is 0 Å². The lowest BCUT2D eigenvalue weighted by Gasteiger charge is -2.27. The number of non-ortho nitro benzene ring substituents is 1. The number of ether oxygens (including phenoxy) is 2. The minimum absolute atomic E-state index is 0.0493. The van der Waals surface area contributed by atoms with Crippen molar-refractivity contribution in [3.05, 3.63) is 75.3 Å². The first-order chi connectivity index (χ1) is 12.6. The van der Waals surface area contributed by atoms with Gasteiger partial charge < -0.3 is 9.47 Å². The monoisotopic (exact) mass is 351 g/mol. The van der Waals surface area contributed by atoms with Crippen molar-refractivity contribution in [3.8, 4) is 0 Å². The Morgan fingerprint density at radius 3 is 2.69 bits per heavy atom. The van der Waals surface area contributed by atoms with E-state index >= 15 is 0 Å². The van der Waals surface area contributed by atoms with Crippen LogP contribution >= 0.6 is 0 Å². The second kappa shape index (κ2) is 5.14. The predicted octanol–water partition coefficient (Wildman–Crippen LogP) is 3.52. The fourth-order valence-corrected chi connectivity index (χ4v) is 4.78. The van der Waals surface area contributed by atoms with Gasteiger partial charge >= 0.3 is 5.97 Å². The van der Waals surface area contributed by atoms with Gasteiger partial charge in [-0.25, -0.2) is 4.79 Å². The Bertz CT molecular complexity index is 924. The van der Waals surface area contributed by atoms with Crippen molar-refractivity contribution in [2.45, 2.75) is 43.0 Å². The highest BCUT2D eigenvalue weighted by molar-refractivity contribution is 5.90. The van der Waals surface area contributed by atoms with Crippen LogP contribution in [0.3, 0.4) is 0 Å². The summed E-state index contributed by atoms with van der Waals surface area (Å²) in [4.78, 5) is 22.8. The Morgan fingerprint density at radius 2 is 1.92 bits per heavy atom. The Balaban J connectivity index is 1.42. The predicted molar refractivity (Wildman–Crippen MR) is 91.8 cm³/mol. The van der Waals surface area contributed by atoms with Crippen LogP contribution in [0.5, 0.6) is 0 Å². The molecule has 0 radical (unpaired) electrons. The molecule has 2 fully saturated rings. The van der Waals surface area contributed by atoms with Crippen LogP contribution in [0.1, 0.15) is 40.7 Å². The first kappa shape index (κ1) is 15.5. The van der Waals surface area contributed by atoms with E-state index in [1.165, 1.54) is 29.8 Å². The molecular formula is C20H17NO5. The molecule has 0 N–H and O–H groups in total. The third-order valence-electron chi connectivity index (χ3n) is 6.03. The summed E-state index contributed by atoms with van der Waals surface area (Å²) < 4.78 is 12.1. The zero-order valence-corrected chi connectivity index (χ0v) is 14.0. The molecule has 2 aromatic rings. The summed E-state index contributed by atoms with van der Waals surface area (Å²) in [6, 6.07) is 13.7. The molecule has 132 valence electrons. The van der Waals surface area contributed by atoms with Gasteiger partial charge in [0.15, 0.2) is 5.60 Å². The minimum atomic E-state index is -0.516. The van der Waals surface area contributed by atoms with Crippen molar-refractivity contribution in [2.24, 2.45) is 0 Å². The zero-order chi connectivity index (χ0) is 17.9. The Kier molecular flexibility index (Phi) is 3.07. The third kappa shape index (κ3) is 1.93. The SMILES string of the molecule is O=C(O[C@H]1CC[C@]23CCc4ccccc4[C@]12O3)c1ccc([N+](=O)[O-])cc1. The summed E-state index contributed by atoms with van der Waals surface area (Å²) in [5, 5.41) is 10.8. The van der Waals surface area contributed by atoms with Crippen LogP contribution in [0.4, 0.5) is 5.69 Å². The molecule has 0 spiro atoms. The molecule has 0 bridgehead atoms. The van der Waals surface area contributed by atoms with Crippen molar-refractivity contribution in [2.75, 3.05) is 0 Å². The molecule has 1 heterocycles. The van der Waals surface area contributed by atoms with E-state index in [2.05, 4.69) is 12.1 Å². The number of hydrogen-bond donors (Lipinski definition) is 0. The lowest BCUT2D eigenvalue weighted by Crippen LogP contribution is -2.35. The van der Waals surface area contributed by atoms with E-state index in [0.717, 1.165) is 31.2 Å². The van der Waals surface area contributed by atoms with Gasteiger partial charge in [-0.3, -0.25) is 10.1 Å². The first-order valence-electron chi connectivity index (χ1n) is 8.80. The number of hydrogen-bond acceptors (Lipinski definition) is 5. The van der Waals surface area contributed by atoms with Gasteiger partial charge in [0.1, 0.15) is 11.7 Å². The van der Waals surface area contributed by atoms with E-state index < -0.39 is 16.5 Å². The number of rotatable bonds is 3. The summed E-state index contributed by atoms with van der Waals surface area (Å²) in [6.45, 7) is 0. The van der Waals surface area contributed by atoms with Gasteiger partial charge in [-0.05, 0) is 48.9 Å². The summed E-state index contributed by atoms with van der Waals surface area (Å²) >= 11 is 0. The second-order valence-electron chi connectivity index (χ2n) is 7.23. The van der Waals surface area contributed by atoms with E-state index in [-0.39, 0.29) is 17.4 Å². The van der Waals surface area contributed by atoms with Crippen LogP contribution in [0.25, 0.3) is 0 Å². The van der Waals surface area contributed by atoms with Crippen LogP contribution < -0.4 is 0 Å². The molecule has 0 unspecified atom stereocenters. The van der Waals surface area contributed by atoms with Gasteiger partial charge in [-0.15, -0.1) is 0 Å². The Morgan fingerprint density at radius 1 is 1.15 bits per heavy atom. The molecule has 0 amide bonds. The average Bonchev–Trinajstić information content (AvgIpc) is 3.27. The van der Waals surface area contributed by atoms with E-state index in [0.29, 0.717) is 5.56 Å². The average molecular weight is 351 g/mol. The molecule has 0 aromatic heterocycles. The molecule has 1 saturated heterocycles. The Labute approximate surface area is 149 Å². The smallest absolute Gasteiger partial charge is 0.338 e. The maximum absolute atomic E-state index is 12.6. The van der Waals surface area contributed by atoms with Crippen molar-refractivity contribution in [3.63, 3.8) is 0 Å². The number of esters is 1. The number of fused-ring (bicyclic) bond motifs is 1. The highest BCUT2D eigenvalue weighted by Gasteiger charge is 2.80. The Hall–Kier alpha value is -2.73. The molecule has 6 heteroatoms. The largest absolute Gasteiger partial charge is 0.455 e. The lowest BCUT2D eigenvalue weighted by molar-refractivity contribution is -0.384. The number of carbonyl (C=O) groups is 1. The first-order valence-corrected chi connectivity index (χ1v) is 8.80. The van der Waals surface area contributed by atoms with Crippen LogP contribution in [0, 0.1) is 10.1 Å². The molecule has 6 nitrogen and oxygen atoms in total. The molecule has 2 aromatic carbocycles. The van der Waals surface area contributed by atoms with Gasteiger partial charge in [0.25, 0.3) is 5.69 Å². The fourth-order valence-electron chi connectivity index (χ4n) is 4.78. The molecule has 2 aliphatic carbocycles. The summed E-state index contributed by atoms with van der Waals surface area (Å²) in [5.41, 5.74) is 1.96. The molecule has 1 aliphatic heterocycles. The van der Waals surface area contributed by atoms with Gasteiger partial charge in [0.05, 0.1) is 10.5 Å². The van der Waals surface area contributed by atoms with Crippen molar-refractivity contribution in [1.29, 1.82) is 0 Å². The van der Waals surface area contributed by atoms with Crippen LogP contribution in [-0.2, 0) is 21.5 Å². The summed E-state index contributed by atoms with van der Waals surface area (Å²) in [6.07, 6.45) is 3.27. The molecule has 26 heavy (non-hydrogen) atoms. The zero-order valence-electron chi connectivity index (χ0n) is 14.0. The molecule has 1 saturated carbocycles. The maximum atomic E-state index is 12.6. The normalized spacial score (nSPS) is 30.7. The van der Waals surface area contributed by atoms with Crippen molar-refractivity contribution < 1.29 is 19.2 Å². The summed E-state index contributed by atoms with van der Waals surface area (Å²) in [5.74, 6) is -0.464. The maximum Gasteiger partial charge on any atom is 0.338 e. The quantitative estimate of drug-likeness (QED) is 0.366. The van der Waals surface area contributed by atoms with Crippen LogP contribution in [0.15, 0.2) is 48.5 Å². The molecule has 5 rings (SSSR count). The lowest BCUT2D eigenvalue weighted by atomic mass is 9.76. The fraction of sp³-hybridized carbons (Fsp3) is 0.350. The second-order valence-corrected chi connectivity index (χ2v) is 7.23. The number of benzene rings is 2. The third-order valence-corrected chi connectivity index (χ3v) is 6.03. The number of nitrogens with zero attached hydrogens (tertiary/aromatic N) is 1. The van der Waals surface area contributed by atoms with Crippen molar-refractivity contribution in [1.82, 2.24) is 0 Å². The van der Waals surface area contributed by atoms with Crippen molar-refractivity contribution >= 4 is 11.7 Å². The molecule has 3 aliphatic rings. The molecule has 3 atom stereocenters. The number of nitro groups is 1. The standard InChI is InChI=1S/C20H17NO5/c22-18(14-5-7-15(8-6-14)21(23)24)25-17-10-12-19-11-9-13-3-1-2-4-16(13)20(17,19)26-19/h1-8,17H,9-12H2/t17-,19+,20-/m0/s1. The number of aryl methyl sites for hydroxylation is 1. The van der Waals surface area contributed by atoms with Gasteiger partial charge in [0, 0.05) is 12.1 Å². The van der Waals surface area contributed by atoms with E-state index in [1.807, 2.05) is 12.1 Å². The summed E-state index contributed by atoms with van der Waals surface area (Å²) in [7, 11) is 0. The minimum Gasteiger partial charge on any atom is -0.455 e. The van der Waals surface area contributed by atoms with Gasteiger partial charge in [-0.2, -0.15) is 0 Å².